The summed E-state index contributed by atoms with van der Waals surface area (Å²) in [6.07, 6.45) is 0.547. The summed E-state index contributed by atoms with van der Waals surface area (Å²) in [5.41, 5.74) is -0.0890. The molecule has 0 heterocycles. The fraction of sp³-hybridized carbons (Fsp3) is 0.500. The van der Waals surface area contributed by atoms with Crippen molar-refractivity contribution in [3.05, 3.63) is 34.3 Å². The molecule has 0 aliphatic heterocycles. The second-order valence-electron chi connectivity index (χ2n) is 4.20. The van der Waals surface area contributed by atoms with E-state index in [1.165, 1.54) is 0 Å². The van der Waals surface area contributed by atoms with Gasteiger partial charge in [-0.15, -0.1) is 0 Å². The average Bonchev–Trinajstić information content (AvgIpc) is 2.36. The summed E-state index contributed by atoms with van der Waals surface area (Å²) in [7, 11) is 0. The molecule has 1 unspecified atom stereocenters. The molecule has 1 aromatic carbocycles. The Balaban J connectivity index is 3.35. The van der Waals surface area contributed by atoms with Crippen LogP contribution in [-0.4, -0.2) is 29.1 Å². The van der Waals surface area contributed by atoms with E-state index in [0.29, 0.717) is 19.5 Å². The van der Waals surface area contributed by atoms with E-state index in [1.54, 1.807) is 0 Å². The molecule has 0 fully saturated rings. The molecular formula is C14H20BrNO2. The van der Waals surface area contributed by atoms with Crippen LogP contribution in [0.3, 0.4) is 0 Å². The monoisotopic (exact) mass is 313 g/mol. The summed E-state index contributed by atoms with van der Waals surface area (Å²) < 4.78 is 0.959. The predicted octanol–water partition coefficient (Wildman–Crippen LogP) is 3.48. The van der Waals surface area contributed by atoms with Crippen LogP contribution in [0.25, 0.3) is 0 Å². The maximum atomic E-state index is 11.8. The van der Waals surface area contributed by atoms with Gasteiger partial charge in [0, 0.05) is 4.47 Å². The highest BCUT2D eigenvalue weighted by Gasteiger charge is 2.43. The van der Waals surface area contributed by atoms with Crippen molar-refractivity contribution in [2.24, 2.45) is 0 Å². The van der Waals surface area contributed by atoms with Crippen molar-refractivity contribution >= 4 is 21.9 Å². The lowest BCUT2D eigenvalue weighted by molar-refractivity contribution is -0.152. The summed E-state index contributed by atoms with van der Waals surface area (Å²) in [6.45, 7) is 7.35. The number of halogens is 1. The van der Waals surface area contributed by atoms with Crippen LogP contribution >= 0.6 is 15.9 Å². The first-order valence-electron chi connectivity index (χ1n) is 6.27. The number of hydrogen-bond acceptors (Lipinski definition) is 2. The summed E-state index contributed by atoms with van der Waals surface area (Å²) in [6, 6.07) is 7.57. The van der Waals surface area contributed by atoms with Crippen LogP contribution in [0.15, 0.2) is 28.7 Å². The third-order valence-electron chi connectivity index (χ3n) is 3.49. The Morgan fingerprint density at radius 2 is 1.72 bits per heavy atom. The van der Waals surface area contributed by atoms with E-state index < -0.39 is 11.5 Å². The van der Waals surface area contributed by atoms with Gasteiger partial charge in [0.05, 0.1) is 0 Å². The Labute approximate surface area is 117 Å². The number of nitrogens with zero attached hydrogens (tertiary/aromatic N) is 1. The first-order chi connectivity index (χ1) is 8.52. The van der Waals surface area contributed by atoms with E-state index >= 15 is 0 Å². The number of aliphatic carboxylic acids is 1. The molecule has 0 aliphatic rings. The third-order valence-corrected chi connectivity index (χ3v) is 4.02. The molecule has 0 amide bonds. The zero-order valence-corrected chi connectivity index (χ0v) is 12.7. The molecule has 1 rings (SSSR count). The molecule has 18 heavy (non-hydrogen) atoms. The Bertz CT molecular complexity index is 401. The van der Waals surface area contributed by atoms with Crippen molar-refractivity contribution in [3.63, 3.8) is 0 Å². The summed E-state index contributed by atoms with van der Waals surface area (Å²) in [4.78, 5) is 13.8. The molecule has 0 saturated heterocycles. The van der Waals surface area contributed by atoms with Gasteiger partial charge >= 0.3 is 5.97 Å². The summed E-state index contributed by atoms with van der Waals surface area (Å²) >= 11 is 3.38. The van der Waals surface area contributed by atoms with Crippen LogP contribution in [0.4, 0.5) is 0 Å². The number of carbonyl (C=O) groups is 1. The average molecular weight is 314 g/mol. The summed E-state index contributed by atoms with van der Waals surface area (Å²) in [5.74, 6) is -0.781. The highest BCUT2D eigenvalue weighted by atomic mass is 79.9. The Morgan fingerprint density at radius 1 is 1.22 bits per heavy atom. The van der Waals surface area contributed by atoms with Gasteiger partial charge in [-0.3, -0.25) is 4.90 Å². The van der Waals surface area contributed by atoms with Gasteiger partial charge in [0.1, 0.15) is 5.54 Å². The number of hydrogen-bond donors (Lipinski definition) is 1. The van der Waals surface area contributed by atoms with Gasteiger partial charge in [-0.25, -0.2) is 4.79 Å². The minimum atomic E-state index is -0.926. The molecule has 0 radical (unpaired) electrons. The van der Waals surface area contributed by atoms with Crippen LogP contribution in [-0.2, 0) is 10.3 Å². The van der Waals surface area contributed by atoms with Gasteiger partial charge in [-0.1, -0.05) is 48.8 Å². The number of rotatable bonds is 6. The Kier molecular flexibility index (Phi) is 5.35. The summed E-state index contributed by atoms with van der Waals surface area (Å²) in [5, 5.41) is 9.73. The minimum Gasteiger partial charge on any atom is -0.480 e. The molecule has 0 spiro atoms. The second-order valence-corrected chi connectivity index (χ2v) is 5.11. The molecule has 0 bridgehead atoms. The standard InChI is InChI=1S/C14H20BrNO2/c1-4-14(13(17)18,16(5-2)6-3)11-7-9-12(15)10-8-11/h7-10H,4-6H2,1-3H3,(H,17,18). The lowest BCUT2D eigenvalue weighted by atomic mass is 9.85. The second kappa shape index (κ2) is 6.34. The fourth-order valence-electron chi connectivity index (χ4n) is 2.51. The predicted molar refractivity (Wildman–Crippen MR) is 76.7 cm³/mol. The van der Waals surface area contributed by atoms with E-state index in [2.05, 4.69) is 15.9 Å². The number of carboxylic acids is 1. The van der Waals surface area contributed by atoms with Crippen LogP contribution < -0.4 is 0 Å². The highest BCUT2D eigenvalue weighted by molar-refractivity contribution is 9.10. The van der Waals surface area contributed by atoms with Gasteiger partial charge in [0.25, 0.3) is 0 Å². The van der Waals surface area contributed by atoms with E-state index in [1.807, 2.05) is 49.9 Å². The topological polar surface area (TPSA) is 40.5 Å². The van der Waals surface area contributed by atoms with Crippen molar-refractivity contribution in [2.45, 2.75) is 32.7 Å². The maximum absolute atomic E-state index is 11.8. The Morgan fingerprint density at radius 3 is 2.06 bits per heavy atom. The van der Waals surface area contributed by atoms with Crippen molar-refractivity contribution in [1.29, 1.82) is 0 Å². The number of benzene rings is 1. The van der Waals surface area contributed by atoms with Crippen LogP contribution in [0.5, 0.6) is 0 Å². The van der Waals surface area contributed by atoms with E-state index in [-0.39, 0.29) is 0 Å². The van der Waals surface area contributed by atoms with E-state index in [9.17, 15) is 9.90 Å². The molecule has 1 N–H and O–H groups in total. The lowest BCUT2D eigenvalue weighted by Crippen LogP contribution is -2.51. The Hall–Kier alpha value is -0.870. The van der Waals surface area contributed by atoms with E-state index in [4.69, 9.17) is 0 Å². The quantitative estimate of drug-likeness (QED) is 0.874. The molecule has 100 valence electrons. The van der Waals surface area contributed by atoms with Gasteiger partial charge in [0.2, 0.25) is 0 Å². The van der Waals surface area contributed by atoms with Crippen molar-refractivity contribution in [3.8, 4) is 0 Å². The first kappa shape index (κ1) is 15.2. The molecule has 0 aliphatic carbocycles. The van der Waals surface area contributed by atoms with Crippen LogP contribution in [0.1, 0.15) is 32.8 Å². The lowest BCUT2D eigenvalue weighted by Gasteiger charge is -2.39. The van der Waals surface area contributed by atoms with Gasteiger partial charge in [0.15, 0.2) is 0 Å². The molecule has 1 aromatic rings. The van der Waals surface area contributed by atoms with Crippen LogP contribution in [0, 0.1) is 0 Å². The zero-order valence-electron chi connectivity index (χ0n) is 11.1. The maximum Gasteiger partial charge on any atom is 0.328 e. The minimum absolute atomic E-state index is 0.547. The van der Waals surface area contributed by atoms with Crippen molar-refractivity contribution in [2.75, 3.05) is 13.1 Å². The zero-order chi connectivity index (χ0) is 13.8. The van der Waals surface area contributed by atoms with Gasteiger partial charge < -0.3 is 5.11 Å². The van der Waals surface area contributed by atoms with Gasteiger partial charge in [-0.2, -0.15) is 0 Å². The van der Waals surface area contributed by atoms with Crippen molar-refractivity contribution < 1.29 is 9.90 Å². The van der Waals surface area contributed by atoms with E-state index in [0.717, 1.165) is 10.0 Å². The smallest absolute Gasteiger partial charge is 0.328 e. The molecule has 4 heteroatoms. The number of likely N-dealkylation sites (N-methyl/N-ethyl adjacent to an activating group) is 1. The van der Waals surface area contributed by atoms with Crippen LogP contribution in [0.2, 0.25) is 0 Å². The number of carboxylic acid groups (broad SMARTS) is 1. The molecule has 0 saturated carbocycles. The fourth-order valence-corrected chi connectivity index (χ4v) is 2.77. The normalized spacial score (nSPS) is 14.5. The third kappa shape index (κ3) is 2.59. The molecular weight excluding hydrogens is 294 g/mol. The molecule has 3 nitrogen and oxygen atoms in total. The van der Waals surface area contributed by atoms with Crippen molar-refractivity contribution in [1.82, 2.24) is 4.90 Å². The highest BCUT2D eigenvalue weighted by Crippen LogP contribution is 2.33. The molecule has 0 aromatic heterocycles. The molecule has 1 atom stereocenters. The first-order valence-corrected chi connectivity index (χ1v) is 7.06. The largest absolute Gasteiger partial charge is 0.480 e. The van der Waals surface area contributed by atoms with Gasteiger partial charge in [-0.05, 0) is 37.2 Å². The SMILES string of the molecule is CCN(CC)C(CC)(C(=O)O)c1ccc(Br)cc1.